The van der Waals surface area contributed by atoms with Crippen LogP contribution in [0.3, 0.4) is 0 Å². The van der Waals surface area contributed by atoms with Gasteiger partial charge in [-0.05, 0) is 49.8 Å². The topological polar surface area (TPSA) is 24.9 Å². The molecule has 0 unspecified atom stereocenters. The average molecular weight is 204 g/mol. The lowest BCUT2D eigenvalue weighted by Crippen LogP contribution is -2.27. The number of anilines is 1. The summed E-state index contributed by atoms with van der Waals surface area (Å²) in [6.07, 6.45) is 3.96. The van der Waals surface area contributed by atoms with Crippen LogP contribution in [0.15, 0.2) is 12.1 Å². The van der Waals surface area contributed by atoms with Gasteiger partial charge in [-0.15, -0.1) is 0 Å². The molecule has 1 N–H and O–H groups in total. The van der Waals surface area contributed by atoms with Gasteiger partial charge in [0.2, 0.25) is 0 Å². The van der Waals surface area contributed by atoms with E-state index in [1.807, 2.05) is 0 Å². The summed E-state index contributed by atoms with van der Waals surface area (Å²) in [5.74, 6) is 1.64. The zero-order valence-electron chi connectivity index (χ0n) is 9.88. The van der Waals surface area contributed by atoms with Crippen molar-refractivity contribution in [2.45, 2.75) is 52.0 Å². The number of pyridine rings is 1. The van der Waals surface area contributed by atoms with Crippen molar-refractivity contribution in [3.63, 3.8) is 0 Å². The monoisotopic (exact) mass is 204 g/mol. The molecular weight excluding hydrogens is 184 g/mol. The molecule has 1 aliphatic carbocycles. The van der Waals surface area contributed by atoms with Gasteiger partial charge in [0, 0.05) is 11.7 Å². The predicted molar refractivity (Wildman–Crippen MR) is 64.3 cm³/mol. The molecule has 1 saturated carbocycles. The summed E-state index contributed by atoms with van der Waals surface area (Å²) >= 11 is 0. The Morgan fingerprint density at radius 2 is 2.07 bits per heavy atom. The smallest absolute Gasteiger partial charge is 0.126 e. The summed E-state index contributed by atoms with van der Waals surface area (Å²) in [7, 11) is 0. The molecule has 0 bridgehead atoms. The first-order valence-corrected chi connectivity index (χ1v) is 5.90. The molecule has 1 heterocycles. The van der Waals surface area contributed by atoms with Crippen LogP contribution in [0.1, 0.15) is 50.3 Å². The molecule has 0 aromatic carbocycles. The van der Waals surface area contributed by atoms with Crippen LogP contribution in [0, 0.1) is 6.92 Å². The van der Waals surface area contributed by atoms with E-state index in [0.29, 0.717) is 12.0 Å². The highest BCUT2D eigenvalue weighted by molar-refractivity contribution is 5.41. The Hall–Kier alpha value is -1.05. The van der Waals surface area contributed by atoms with E-state index in [4.69, 9.17) is 0 Å². The van der Waals surface area contributed by atoms with Gasteiger partial charge in [-0.2, -0.15) is 0 Å². The molecule has 82 valence electrons. The first-order chi connectivity index (χ1) is 7.15. The Kier molecular flexibility index (Phi) is 2.94. The molecule has 1 fully saturated rings. The lowest BCUT2D eigenvalue weighted by atomic mass is 9.93. The molecular formula is C13H20N2. The van der Waals surface area contributed by atoms with Gasteiger partial charge < -0.3 is 5.32 Å². The molecule has 0 saturated heterocycles. The van der Waals surface area contributed by atoms with Gasteiger partial charge >= 0.3 is 0 Å². The molecule has 0 aliphatic heterocycles. The van der Waals surface area contributed by atoms with E-state index in [-0.39, 0.29) is 0 Å². The minimum Gasteiger partial charge on any atom is -0.367 e. The molecule has 0 radical (unpaired) electrons. The van der Waals surface area contributed by atoms with Crippen molar-refractivity contribution in [1.82, 2.24) is 4.98 Å². The Bertz CT molecular complexity index is 340. The fraction of sp³-hybridized carbons (Fsp3) is 0.615. The van der Waals surface area contributed by atoms with Crippen LogP contribution in [0.2, 0.25) is 0 Å². The third kappa shape index (κ3) is 2.49. The van der Waals surface area contributed by atoms with Crippen LogP contribution in [0.4, 0.5) is 5.82 Å². The second-order valence-electron chi connectivity index (χ2n) is 4.85. The van der Waals surface area contributed by atoms with Gasteiger partial charge in [0.25, 0.3) is 0 Å². The highest BCUT2D eigenvalue weighted by Gasteiger charge is 2.17. The van der Waals surface area contributed by atoms with Crippen molar-refractivity contribution in [1.29, 1.82) is 0 Å². The van der Waals surface area contributed by atoms with E-state index in [1.165, 1.54) is 24.8 Å². The number of rotatable bonds is 3. The molecule has 2 nitrogen and oxygen atoms in total. The van der Waals surface area contributed by atoms with E-state index in [1.54, 1.807) is 0 Å². The van der Waals surface area contributed by atoms with Crippen LogP contribution in [0.25, 0.3) is 0 Å². The van der Waals surface area contributed by atoms with Gasteiger partial charge in [-0.25, -0.2) is 4.98 Å². The third-order valence-electron chi connectivity index (χ3n) is 3.10. The van der Waals surface area contributed by atoms with Crippen LogP contribution >= 0.6 is 0 Å². The third-order valence-corrected chi connectivity index (χ3v) is 3.10. The van der Waals surface area contributed by atoms with Crippen LogP contribution in [0.5, 0.6) is 0 Å². The zero-order chi connectivity index (χ0) is 10.8. The van der Waals surface area contributed by atoms with Gasteiger partial charge in [0.1, 0.15) is 5.82 Å². The first kappa shape index (κ1) is 10.5. The van der Waals surface area contributed by atoms with Crippen LogP contribution in [-0.2, 0) is 0 Å². The quantitative estimate of drug-likeness (QED) is 0.815. The Morgan fingerprint density at radius 3 is 2.60 bits per heavy atom. The fourth-order valence-corrected chi connectivity index (χ4v) is 1.86. The first-order valence-electron chi connectivity index (χ1n) is 5.90. The SMILES string of the molecule is Cc1cc(C(C)C)cc(NC2CCC2)n1. The Balaban J connectivity index is 2.15. The maximum Gasteiger partial charge on any atom is 0.126 e. The number of aromatic nitrogens is 1. The van der Waals surface area contributed by atoms with E-state index >= 15 is 0 Å². The van der Waals surface area contributed by atoms with Crippen molar-refractivity contribution < 1.29 is 0 Å². The lowest BCUT2D eigenvalue weighted by Gasteiger charge is -2.27. The summed E-state index contributed by atoms with van der Waals surface area (Å²) < 4.78 is 0. The van der Waals surface area contributed by atoms with Crippen molar-refractivity contribution in [2.75, 3.05) is 5.32 Å². The summed E-state index contributed by atoms with van der Waals surface area (Å²) in [6.45, 7) is 6.52. The van der Waals surface area contributed by atoms with Gasteiger partial charge in [0.05, 0.1) is 0 Å². The molecule has 1 aliphatic rings. The maximum absolute atomic E-state index is 4.53. The molecule has 2 heteroatoms. The van der Waals surface area contributed by atoms with Gasteiger partial charge in [0.15, 0.2) is 0 Å². The molecule has 2 rings (SSSR count). The van der Waals surface area contributed by atoms with Crippen LogP contribution in [-0.4, -0.2) is 11.0 Å². The second kappa shape index (κ2) is 4.21. The minimum absolute atomic E-state index is 0.577. The maximum atomic E-state index is 4.53. The second-order valence-corrected chi connectivity index (χ2v) is 4.85. The number of nitrogens with one attached hydrogen (secondary N) is 1. The lowest BCUT2D eigenvalue weighted by molar-refractivity contribution is 0.444. The van der Waals surface area contributed by atoms with E-state index in [9.17, 15) is 0 Å². The number of nitrogens with zero attached hydrogens (tertiary/aromatic N) is 1. The summed E-state index contributed by atoms with van der Waals surface area (Å²) in [5, 5.41) is 3.50. The molecule has 0 amide bonds. The van der Waals surface area contributed by atoms with Gasteiger partial charge in [-0.3, -0.25) is 0 Å². The van der Waals surface area contributed by atoms with E-state index < -0.39 is 0 Å². The zero-order valence-corrected chi connectivity index (χ0v) is 9.88. The highest BCUT2D eigenvalue weighted by atomic mass is 15.0. The molecule has 0 atom stereocenters. The van der Waals surface area contributed by atoms with Crippen molar-refractivity contribution in [2.24, 2.45) is 0 Å². The Labute approximate surface area is 92.1 Å². The summed E-state index contributed by atoms with van der Waals surface area (Å²) in [5.41, 5.74) is 2.49. The standard InChI is InChI=1S/C13H20N2/c1-9(2)11-7-10(3)14-13(8-11)15-12-5-4-6-12/h7-9,12H,4-6H2,1-3H3,(H,14,15). The molecule has 1 aromatic heterocycles. The van der Waals surface area contributed by atoms with Gasteiger partial charge in [-0.1, -0.05) is 13.8 Å². The van der Waals surface area contributed by atoms with Crippen molar-refractivity contribution in [3.8, 4) is 0 Å². The predicted octanol–water partition coefficient (Wildman–Crippen LogP) is 3.48. The van der Waals surface area contributed by atoms with E-state index in [0.717, 1.165) is 11.5 Å². The number of hydrogen-bond donors (Lipinski definition) is 1. The van der Waals surface area contributed by atoms with Crippen LogP contribution < -0.4 is 5.32 Å². The number of aryl methyl sites for hydroxylation is 1. The highest BCUT2D eigenvalue weighted by Crippen LogP contribution is 2.24. The normalized spacial score (nSPS) is 16.5. The van der Waals surface area contributed by atoms with Crippen molar-refractivity contribution >= 4 is 5.82 Å². The summed E-state index contributed by atoms with van der Waals surface area (Å²) in [6, 6.07) is 5.03. The largest absolute Gasteiger partial charge is 0.367 e. The summed E-state index contributed by atoms with van der Waals surface area (Å²) in [4.78, 5) is 4.53. The number of hydrogen-bond acceptors (Lipinski definition) is 2. The molecule has 1 aromatic rings. The van der Waals surface area contributed by atoms with Crippen molar-refractivity contribution in [3.05, 3.63) is 23.4 Å². The minimum atomic E-state index is 0.577. The average Bonchev–Trinajstić information content (AvgIpc) is 2.10. The molecule has 0 spiro atoms. The molecule has 15 heavy (non-hydrogen) atoms. The van der Waals surface area contributed by atoms with E-state index in [2.05, 4.69) is 43.2 Å². The Morgan fingerprint density at radius 1 is 1.33 bits per heavy atom. The fourth-order valence-electron chi connectivity index (χ4n) is 1.86.